The molecule has 2 bridgehead atoms. The Kier molecular flexibility index (Phi) is 7.30. The Labute approximate surface area is 239 Å². The van der Waals surface area contributed by atoms with Crippen LogP contribution in [0.2, 0.25) is 0 Å². The summed E-state index contributed by atoms with van der Waals surface area (Å²) in [6, 6.07) is 1.57. The number of hydrogen-bond acceptors (Lipinski definition) is 10. The number of likely N-dealkylation sites (N-methyl/N-ethyl adjacent to an activating group) is 1. The normalized spacial score (nSPS) is 28.0. The van der Waals surface area contributed by atoms with Gasteiger partial charge in [0, 0.05) is 39.9 Å². The van der Waals surface area contributed by atoms with Gasteiger partial charge in [-0.05, 0) is 58.7 Å². The third kappa shape index (κ3) is 4.10. The standard InChI is InChI=1S/C31H35N3O7/c1-8-14(2)31(38)41-13-22-23-17(9-15(3)29(39-6)27(23)36)10-20-25-24-18(26(35)16(4)30(40-7)28(24)37)11-19(33(25)5)21(12-32)34(20)22/h8-9,19-22,25,36H,10-11,13H2,1-7H3. The minimum absolute atomic E-state index is 0.0382. The van der Waals surface area contributed by atoms with Crippen LogP contribution in [0.4, 0.5) is 0 Å². The Bertz CT molecular complexity index is 1500. The van der Waals surface area contributed by atoms with E-state index in [1.807, 2.05) is 29.8 Å². The molecule has 1 aromatic carbocycles. The topological polar surface area (TPSA) is 129 Å². The second-order valence-electron chi connectivity index (χ2n) is 11.1. The number of carbonyl (C=O) groups is 3. The van der Waals surface area contributed by atoms with Gasteiger partial charge in [-0.2, -0.15) is 5.26 Å². The molecule has 1 aliphatic carbocycles. The highest BCUT2D eigenvalue weighted by Crippen LogP contribution is 2.52. The van der Waals surface area contributed by atoms with Gasteiger partial charge in [0.2, 0.25) is 5.78 Å². The van der Waals surface area contributed by atoms with Crippen LogP contribution in [0.5, 0.6) is 11.5 Å². The highest BCUT2D eigenvalue weighted by atomic mass is 16.5. The molecule has 0 aromatic heterocycles. The van der Waals surface area contributed by atoms with Crippen molar-refractivity contribution in [3.8, 4) is 17.6 Å². The fraction of sp³-hybridized carbons (Fsp3) is 0.484. The predicted molar refractivity (Wildman–Crippen MR) is 148 cm³/mol. The number of piperazine rings is 1. The van der Waals surface area contributed by atoms with Gasteiger partial charge in [0.1, 0.15) is 12.6 Å². The van der Waals surface area contributed by atoms with Crippen molar-refractivity contribution < 1.29 is 33.7 Å². The number of rotatable bonds is 5. The quantitative estimate of drug-likeness (QED) is 0.325. The number of fused-ring (bicyclic) bond motifs is 6. The largest absolute Gasteiger partial charge is 0.504 e. The summed E-state index contributed by atoms with van der Waals surface area (Å²) in [4.78, 5) is 44.1. The number of ketones is 2. The van der Waals surface area contributed by atoms with E-state index in [2.05, 4.69) is 6.07 Å². The van der Waals surface area contributed by atoms with Crippen molar-refractivity contribution in [2.24, 2.45) is 0 Å². The molecule has 5 rings (SSSR count). The van der Waals surface area contributed by atoms with Gasteiger partial charge in [0.15, 0.2) is 23.0 Å². The monoisotopic (exact) mass is 561 g/mol. The zero-order valence-electron chi connectivity index (χ0n) is 24.4. The summed E-state index contributed by atoms with van der Waals surface area (Å²) in [5.41, 5.74) is 3.60. The Morgan fingerprint density at radius 1 is 1.17 bits per heavy atom. The Hall–Kier alpha value is -3.94. The van der Waals surface area contributed by atoms with Crippen molar-refractivity contribution in [1.82, 2.24) is 9.80 Å². The first-order valence-electron chi connectivity index (χ1n) is 13.7. The van der Waals surface area contributed by atoms with Crippen molar-refractivity contribution in [2.45, 2.75) is 70.7 Å². The first kappa shape index (κ1) is 28.6. The van der Waals surface area contributed by atoms with Crippen molar-refractivity contribution >= 4 is 17.5 Å². The second-order valence-corrected chi connectivity index (χ2v) is 11.1. The second kappa shape index (κ2) is 10.5. The van der Waals surface area contributed by atoms with Gasteiger partial charge in [0.25, 0.3) is 0 Å². The lowest BCUT2D eigenvalue weighted by molar-refractivity contribution is -0.144. The fourth-order valence-corrected chi connectivity index (χ4v) is 7.16. The van der Waals surface area contributed by atoms with Crippen molar-refractivity contribution in [3.63, 3.8) is 0 Å². The molecule has 0 spiro atoms. The summed E-state index contributed by atoms with van der Waals surface area (Å²) in [7, 11) is 4.75. The van der Waals surface area contributed by atoms with E-state index in [0.29, 0.717) is 34.5 Å². The molecular weight excluding hydrogens is 526 g/mol. The fourth-order valence-electron chi connectivity index (χ4n) is 7.16. The number of esters is 1. The number of aryl methyl sites for hydroxylation is 1. The number of nitriles is 1. The lowest BCUT2D eigenvalue weighted by atomic mass is 9.69. The van der Waals surface area contributed by atoms with Crippen LogP contribution in [0.1, 0.15) is 49.9 Å². The molecule has 0 radical (unpaired) electrons. The Morgan fingerprint density at radius 2 is 1.88 bits per heavy atom. The third-order valence-electron chi connectivity index (χ3n) is 9.19. The molecule has 0 saturated carbocycles. The van der Waals surface area contributed by atoms with Crippen molar-refractivity contribution in [3.05, 3.63) is 56.9 Å². The molecule has 1 N–H and O–H groups in total. The van der Waals surface area contributed by atoms with Gasteiger partial charge in [-0.3, -0.25) is 19.4 Å². The number of phenols is 1. The molecule has 10 heteroatoms. The minimum atomic E-state index is -0.724. The highest BCUT2D eigenvalue weighted by Gasteiger charge is 2.58. The summed E-state index contributed by atoms with van der Waals surface area (Å²) >= 11 is 0. The summed E-state index contributed by atoms with van der Waals surface area (Å²) < 4.78 is 16.7. The van der Waals surface area contributed by atoms with Gasteiger partial charge >= 0.3 is 5.97 Å². The maximum Gasteiger partial charge on any atom is 0.333 e. The van der Waals surface area contributed by atoms with Crippen LogP contribution < -0.4 is 4.74 Å². The number of ether oxygens (including phenoxy) is 3. The molecule has 3 aliphatic heterocycles. The van der Waals surface area contributed by atoms with Crippen molar-refractivity contribution in [1.29, 1.82) is 5.26 Å². The number of hydrogen-bond donors (Lipinski definition) is 1. The molecule has 5 atom stereocenters. The summed E-state index contributed by atoms with van der Waals surface area (Å²) in [5, 5.41) is 22.0. The average molecular weight is 562 g/mol. The lowest BCUT2D eigenvalue weighted by Gasteiger charge is -2.60. The number of phenolic OH excluding ortho intramolecular Hbond substituents is 1. The highest BCUT2D eigenvalue weighted by molar-refractivity contribution is 6.25. The smallest absolute Gasteiger partial charge is 0.333 e. The van der Waals surface area contributed by atoms with Crippen LogP contribution in [0.25, 0.3) is 0 Å². The van der Waals surface area contributed by atoms with Crippen LogP contribution in [0.3, 0.4) is 0 Å². The molecule has 5 unspecified atom stereocenters. The zero-order chi connectivity index (χ0) is 29.9. The predicted octanol–water partition coefficient (Wildman–Crippen LogP) is 2.83. The first-order chi connectivity index (χ1) is 19.5. The van der Waals surface area contributed by atoms with E-state index < -0.39 is 36.2 Å². The van der Waals surface area contributed by atoms with Gasteiger partial charge < -0.3 is 19.3 Å². The number of benzene rings is 1. The number of carbonyl (C=O) groups excluding carboxylic acids is 3. The molecule has 1 saturated heterocycles. The van der Waals surface area contributed by atoms with Crippen LogP contribution >= 0.6 is 0 Å². The maximum absolute atomic E-state index is 13.8. The van der Waals surface area contributed by atoms with E-state index in [9.17, 15) is 24.8 Å². The molecule has 1 aromatic rings. The van der Waals surface area contributed by atoms with Crippen LogP contribution in [0, 0.1) is 18.3 Å². The van der Waals surface area contributed by atoms with E-state index in [-0.39, 0.29) is 41.7 Å². The van der Waals surface area contributed by atoms with Gasteiger partial charge in [-0.15, -0.1) is 0 Å². The molecular formula is C31H35N3O7. The number of methoxy groups -OCH3 is 2. The molecule has 216 valence electrons. The summed E-state index contributed by atoms with van der Waals surface area (Å²) in [6.07, 6.45) is 2.25. The number of aromatic hydroxyl groups is 1. The summed E-state index contributed by atoms with van der Waals surface area (Å²) in [5.74, 6) is -0.760. The van der Waals surface area contributed by atoms with Gasteiger partial charge in [0.05, 0.1) is 32.4 Å². The minimum Gasteiger partial charge on any atom is -0.504 e. The van der Waals surface area contributed by atoms with E-state index in [0.717, 1.165) is 11.1 Å². The lowest BCUT2D eigenvalue weighted by Crippen LogP contribution is -2.72. The SMILES string of the molecule is CC=C(C)C(=O)OCC1c2c(cc(C)c(OC)c2O)CC2C3C4=C(CC(C(C#N)N12)N3C)C(=O)C(C)=C(OC)C4=O. The maximum atomic E-state index is 13.8. The summed E-state index contributed by atoms with van der Waals surface area (Å²) in [6.45, 7) is 6.70. The Balaban J connectivity index is 1.71. The number of allylic oxidation sites excluding steroid dienone is 3. The zero-order valence-corrected chi connectivity index (χ0v) is 24.4. The van der Waals surface area contributed by atoms with Crippen LogP contribution in [0.15, 0.2) is 40.2 Å². The van der Waals surface area contributed by atoms with Crippen LogP contribution in [-0.4, -0.2) is 84.5 Å². The molecule has 41 heavy (non-hydrogen) atoms. The Morgan fingerprint density at radius 3 is 2.49 bits per heavy atom. The number of Topliss-reactive ketones (excluding diaryl/α,β-unsaturated/α-hetero) is 2. The first-order valence-corrected chi connectivity index (χ1v) is 13.7. The average Bonchev–Trinajstić information content (AvgIpc) is 2.94. The molecule has 10 nitrogen and oxygen atoms in total. The molecule has 3 heterocycles. The molecule has 0 amide bonds. The van der Waals surface area contributed by atoms with Crippen molar-refractivity contribution in [2.75, 3.05) is 27.9 Å². The molecule has 1 fully saturated rings. The molecule has 4 aliphatic rings. The van der Waals surface area contributed by atoms with E-state index in [4.69, 9.17) is 14.2 Å². The van der Waals surface area contributed by atoms with Gasteiger partial charge in [-0.1, -0.05) is 12.1 Å². The van der Waals surface area contributed by atoms with Crippen LogP contribution in [-0.2, 0) is 30.3 Å². The van der Waals surface area contributed by atoms with E-state index >= 15 is 0 Å². The van der Waals surface area contributed by atoms with E-state index in [1.165, 1.54) is 14.2 Å². The van der Waals surface area contributed by atoms with E-state index in [1.54, 1.807) is 26.8 Å². The third-order valence-corrected chi connectivity index (χ3v) is 9.19. The number of nitrogens with zero attached hydrogens (tertiary/aromatic N) is 3. The van der Waals surface area contributed by atoms with Gasteiger partial charge in [-0.25, -0.2) is 4.79 Å².